The Balaban J connectivity index is 2.04. The quantitative estimate of drug-likeness (QED) is 0.926. The average Bonchev–Trinajstić information content (AvgIpc) is 2.81. The first-order valence-electron chi connectivity index (χ1n) is 7.84. The molecule has 0 aliphatic heterocycles. The van der Waals surface area contributed by atoms with Gasteiger partial charge in [0.25, 0.3) is 0 Å². The van der Waals surface area contributed by atoms with E-state index in [0.29, 0.717) is 17.5 Å². The predicted octanol–water partition coefficient (Wildman–Crippen LogP) is 3.88. The molecular formula is C18H25N3. The van der Waals surface area contributed by atoms with E-state index in [0.717, 1.165) is 12.1 Å². The summed E-state index contributed by atoms with van der Waals surface area (Å²) in [6.45, 7) is 9.13. The number of rotatable bonds is 3. The number of hydrogen-bond donors (Lipinski definition) is 1. The Morgan fingerprint density at radius 3 is 2.62 bits per heavy atom. The minimum absolute atomic E-state index is 0.298. The van der Waals surface area contributed by atoms with E-state index < -0.39 is 0 Å². The summed E-state index contributed by atoms with van der Waals surface area (Å²) in [5.41, 5.74) is 4.17. The Hall–Kier alpha value is -1.61. The van der Waals surface area contributed by atoms with Crippen LogP contribution in [0.3, 0.4) is 0 Å². The zero-order valence-corrected chi connectivity index (χ0v) is 13.4. The van der Waals surface area contributed by atoms with Crippen molar-refractivity contribution in [1.82, 2.24) is 15.1 Å². The molecule has 3 nitrogen and oxygen atoms in total. The van der Waals surface area contributed by atoms with E-state index in [9.17, 15) is 0 Å². The van der Waals surface area contributed by atoms with Crippen molar-refractivity contribution >= 4 is 0 Å². The van der Waals surface area contributed by atoms with Gasteiger partial charge in [0.15, 0.2) is 0 Å². The average molecular weight is 283 g/mol. The monoisotopic (exact) mass is 283 g/mol. The van der Waals surface area contributed by atoms with Gasteiger partial charge in [-0.05, 0) is 30.4 Å². The van der Waals surface area contributed by atoms with E-state index in [4.69, 9.17) is 0 Å². The van der Waals surface area contributed by atoms with Crippen molar-refractivity contribution < 1.29 is 0 Å². The molecule has 3 heteroatoms. The highest BCUT2D eigenvalue weighted by molar-refractivity contribution is 5.37. The zero-order valence-electron chi connectivity index (χ0n) is 13.4. The fourth-order valence-corrected chi connectivity index (χ4v) is 3.39. The lowest BCUT2D eigenvalue weighted by molar-refractivity contribution is 0.246. The Kier molecular flexibility index (Phi) is 3.62. The molecule has 1 heterocycles. The van der Waals surface area contributed by atoms with Gasteiger partial charge in [0.1, 0.15) is 0 Å². The minimum Gasteiger partial charge on any atom is -0.308 e. The van der Waals surface area contributed by atoms with E-state index in [2.05, 4.69) is 73.3 Å². The maximum atomic E-state index is 4.67. The molecule has 0 bridgehead atoms. The lowest BCUT2D eigenvalue weighted by atomic mass is 9.74. The molecule has 0 unspecified atom stereocenters. The summed E-state index contributed by atoms with van der Waals surface area (Å²) in [7, 11) is 0. The highest BCUT2D eigenvalue weighted by atomic mass is 15.3. The zero-order chi connectivity index (χ0) is 15.0. The third-order valence-corrected chi connectivity index (χ3v) is 4.21. The van der Waals surface area contributed by atoms with Gasteiger partial charge < -0.3 is 5.32 Å². The van der Waals surface area contributed by atoms with Crippen LogP contribution >= 0.6 is 0 Å². The minimum atomic E-state index is 0.298. The van der Waals surface area contributed by atoms with Crippen LogP contribution < -0.4 is 5.32 Å². The van der Waals surface area contributed by atoms with Crippen LogP contribution in [-0.2, 0) is 6.42 Å². The summed E-state index contributed by atoms with van der Waals surface area (Å²) in [5.74, 6) is 0. The van der Waals surface area contributed by atoms with E-state index in [-0.39, 0.29) is 0 Å². The maximum absolute atomic E-state index is 4.67. The topological polar surface area (TPSA) is 29.9 Å². The number of hydrogen-bond acceptors (Lipinski definition) is 2. The van der Waals surface area contributed by atoms with Crippen molar-refractivity contribution in [3.63, 3.8) is 0 Å². The van der Waals surface area contributed by atoms with Gasteiger partial charge in [-0.25, -0.2) is 4.68 Å². The largest absolute Gasteiger partial charge is 0.308 e. The second-order valence-corrected chi connectivity index (χ2v) is 7.21. The number of nitrogens with zero attached hydrogens (tertiary/aromatic N) is 2. The third-order valence-electron chi connectivity index (χ3n) is 4.21. The van der Waals surface area contributed by atoms with Gasteiger partial charge in [-0.3, -0.25) is 0 Å². The van der Waals surface area contributed by atoms with Crippen molar-refractivity contribution in [2.75, 3.05) is 0 Å². The summed E-state index contributed by atoms with van der Waals surface area (Å²) in [6, 6.07) is 11.3. The molecule has 1 atom stereocenters. The Morgan fingerprint density at radius 1 is 1.24 bits per heavy atom. The molecule has 2 aromatic rings. The molecule has 1 N–H and O–H groups in total. The number of nitrogens with one attached hydrogen (secondary N) is 1. The second kappa shape index (κ2) is 5.30. The Bertz CT molecular complexity index is 611. The van der Waals surface area contributed by atoms with E-state index in [1.54, 1.807) is 0 Å². The molecule has 1 aromatic carbocycles. The van der Waals surface area contributed by atoms with E-state index in [1.165, 1.54) is 17.7 Å². The van der Waals surface area contributed by atoms with Crippen LogP contribution in [0, 0.1) is 5.41 Å². The van der Waals surface area contributed by atoms with Gasteiger partial charge in [-0.1, -0.05) is 45.9 Å². The molecule has 0 fully saturated rings. The molecule has 1 aromatic heterocycles. The molecule has 3 rings (SSSR count). The van der Waals surface area contributed by atoms with Crippen molar-refractivity contribution in [1.29, 1.82) is 0 Å². The fourth-order valence-electron chi connectivity index (χ4n) is 3.39. The van der Waals surface area contributed by atoms with Gasteiger partial charge in [0.05, 0.1) is 11.9 Å². The van der Waals surface area contributed by atoms with Gasteiger partial charge >= 0.3 is 0 Å². The van der Waals surface area contributed by atoms with Gasteiger partial charge in [0.2, 0.25) is 0 Å². The van der Waals surface area contributed by atoms with Crippen LogP contribution in [0.2, 0.25) is 0 Å². The smallest absolute Gasteiger partial charge is 0.0648 e. The van der Waals surface area contributed by atoms with Crippen LogP contribution in [0.15, 0.2) is 36.5 Å². The molecule has 0 spiro atoms. The van der Waals surface area contributed by atoms with Crippen molar-refractivity contribution in [3.05, 3.63) is 47.8 Å². The van der Waals surface area contributed by atoms with E-state index >= 15 is 0 Å². The second-order valence-electron chi connectivity index (χ2n) is 7.21. The highest BCUT2D eigenvalue weighted by Gasteiger charge is 2.35. The van der Waals surface area contributed by atoms with E-state index in [1.807, 2.05) is 6.07 Å². The standard InChI is InChI=1S/C18H25N3/c1-13(2)20-16-10-18(3,4)11-17-15(16)12-19-21(17)14-8-6-5-7-9-14/h5-9,12-13,16,20H,10-11H2,1-4H3/t16-/m1/s1. The molecule has 1 aliphatic rings. The lowest BCUT2D eigenvalue weighted by Gasteiger charge is -2.37. The van der Waals surface area contributed by atoms with Gasteiger partial charge in [0, 0.05) is 23.3 Å². The van der Waals surface area contributed by atoms with Gasteiger partial charge in [-0.2, -0.15) is 5.10 Å². The molecule has 112 valence electrons. The highest BCUT2D eigenvalue weighted by Crippen LogP contribution is 2.41. The first-order valence-corrected chi connectivity index (χ1v) is 7.84. The molecule has 0 saturated heterocycles. The first-order chi connectivity index (χ1) is 9.96. The first kappa shape index (κ1) is 14.3. The molecule has 0 amide bonds. The molecule has 0 radical (unpaired) electrons. The Morgan fingerprint density at radius 2 is 1.95 bits per heavy atom. The van der Waals surface area contributed by atoms with Crippen LogP contribution in [0.25, 0.3) is 5.69 Å². The summed E-state index contributed by atoms with van der Waals surface area (Å²) in [6.07, 6.45) is 4.30. The van der Waals surface area contributed by atoms with Crippen molar-refractivity contribution in [3.8, 4) is 5.69 Å². The van der Waals surface area contributed by atoms with Gasteiger partial charge in [-0.15, -0.1) is 0 Å². The van der Waals surface area contributed by atoms with Crippen molar-refractivity contribution in [2.45, 2.75) is 52.6 Å². The number of aromatic nitrogens is 2. The predicted molar refractivity (Wildman–Crippen MR) is 86.7 cm³/mol. The fraction of sp³-hybridized carbons (Fsp3) is 0.500. The molecular weight excluding hydrogens is 258 g/mol. The summed E-state index contributed by atoms with van der Waals surface area (Å²) in [5, 5.41) is 8.37. The third kappa shape index (κ3) is 2.88. The molecule has 1 aliphatic carbocycles. The SMILES string of the molecule is CC(C)N[C@@H]1CC(C)(C)Cc2c1cnn2-c1ccccc1. The summed E-state index contributed by atoms with van der Waals surface area (Å²) < 4.78 is 2.12. The van der Waals surface area contributed by atoms with Crippen LogP contribution in [0.1, 0.15) is 51.4 Å². The molecule has 0 saturated carbocycles. The van der Waals surface area contributed by atoms with Crippen LogP contribution in [0.4, 0.5) is 0 Å². The normalized spacial score (nSPS) is 20.5. The lowest BCUT2D eigenvalue weighted by Crippen LogP contribution is -2.36. The Labute approximate surface area is 127 Å². The maximum Gasteiger partial charge on any atom is 0.0648 e. The summed E-state index contributed by atoms with van der Waals surface area (Å²) in [4.78, 5) is 0. The number of benzene rings is 1. The van der Waals surface area contributed by atoms with Crippen molar-refractivity contribution in [2.24, 2.45) is 5.41 Å². The molecule has 21 heavy (non-hydrogen) atoms. The number of para-hydroxylation sites is 1. The number of fused-ring (bicyclic) bond motifs is 1. The summed E-state index contributed by atoms with van der Waals surface area (Å²) >= 11 is 0. The van der Waals surface area contributed by atoms with Crippen LogP contribution in [-0.4, -0.2) is 15.8 Å². The van der Waals surface area contributed by atoms with Crippen LogP contribution in [0.5, 0.6) is 0 Å².